The lowest BCUT2D eigenvalue weighted by Crippen LogP contribution is -2.60. The van der Waals surface area contributed by atoms with Gasteiger partial charge in [-0.15, -0.1) is 0 Å². The largest absolute Gasteiger partial charge is 0.394 e. The van der Waals surface area contributed by atoms with Gasteiger partial charge in [-0.25, -0.2) is 0 Å². The van der Waals surface area contributed by atoms with Crippen LogP contribution >= 0.6 is 0 Å². The topological polar surface area (TPSA) is 149 Å². The Morgan fingerprint density at radius 1 is 0.407 bits per heavy atom. The third kappa shape index (κ3) is 53.2. The quantitative estimate of drug-likeness (QED) is 0.0261. The molecule has 1 heterocycles. The molecule has 1 fully saturated rings. The molecule has 9 heteroatoms. The first-order valence-corrected chi connectivity index (χ1v) is 36.8. The van der Waals surface area contributed by atoms with Crippen molar-refractivity contribution >= 4 is 5.91 Å². The SMILES string of the molecule is CC/C=C\C/C=C\C/C=C\C/C=C\CCCCCCCCCCCCCCCCCCCCCCCCCCCCC(=O)NC(COC1OC(CO)C(O)C(O)C1O)C(O)/C=C/CC/C=C/CC/C=C/CCCCCCCCCCCCCCCC. The number of hydrogen-bond donors (Lipinski definition) is 6. The van der Waals surface area contributed by atoms with Crippen LogP contribution in [0.15, 0.2) is 85.1 Å². The number of carbonyl (C=O) groups excluding carboxylic acids is 1. The van der Waals surface area contributed by atoms with E-state index in [-0.39, 0.29) is 12.5 Å². The van der Waals surface area contributed by atoms with E-state index < -0.39 is 49.5 Å². The monoisotopic (exact) mass is 1210 g/mol. The summed E-state index contributed by atoms with van der Waals surface area (Å²) in [5.74, 6) is -0.186. The number of aliphatic hydroxyl groups excluding tert-OH is 5. The third-order valence-electron chi connectivity index (χ3n) is 17.2. The summed E-state index contributed by atoms with van der Waals surface area (Å²) in [6, 6.07) is -0.831. The molecule has 1 rings (SSSR count). The first-order valence-electron chi connectivity index (χ1n) is 36.8. The molecular weight excluding hydrogens is 1070 g/mol. The van der Waals surface area contributed by atoms with Crippen molar-refractivity contribution in [1.82, 2.24) is 5.32 Å². The van der Waals surface area contributed by atoms with E-state index in [0.717, 1.165) is 70.6 Å². The maximum atomic E-state index is 13.1. The number of hydrogen-bond acceptors (Lipinski definition) is 8. The second kappa shape index (κ2) is 65.3. The number of ether oxygens (including phenoxy) is 2. The van der Waals surface area contributed by atoms with Gasteiger partial charge in [-0.05, 0) is 83.5 Å². The zero-order chi connectivity index (χ0) is 62.1. The summed E-state index contributed by atoms with van der Waals surface area (Å²) in [7, 11) is 0. The van der Waals surface area contributed by atoms with Crippen LogP contribution < -0.4 is 5.32 Å². The highest BCUT2D eigenvalue weighted by Gasteiger charge is 2.44. The highest BCUT2D eigenvalue weighted by Crippen LogP contribution is 2.23. The molecule has 0 aliphatic carbocycles. The standard InChI is InChI=1S/C77H139NO8/c1-3-5-7-9-11-13-15-17-19-21-23-25-27-29-30-31-32-33-34-35-36-37-38-39-40-41-42-43-45-47-49-51-53-55-57-59-61-63-65-67-73(81)78-70(69-85-77-76(84)75(83)74(82)72(68-79)86-77)71(80)66-64-62-60-58-56-54-52-50-48-46-44-28-26-24-22-20-18-16-14-12-10-8-6-4-2/h5,7,11,13,17,19,23,25,48,50,56,58,64,66,70-72,74-77,79-80,82-84H,3-4,6,8-10,12,14-16,18,20-22,24,26-47,49,51-55,57,59-63,65,67-69H2,1-2H3,(H,78,81)/b7-5-,13-11-,19-17-,25-23-,50-48+,58-56+,66-64+. The fourth-order valence-corrected chi connectivity index (χ4v) is 11.5. The molecule has 0 aromatic rings. The van der Waals surface area contributed by atoms with Gasteiger partial charge in [0.15, 0.2) is 6.29 Å². The Morgan fingerprint density at radius 2 is 0.733 bits per heavy atom. The van der Waals surface area contributed by atoms with Crippen molar-refractivity contribution in [2.45, 2.75) is 384 Å². The van der Waals surface area contributed by atoms with Gasteiger partial charge < -0.3 is 40.3 Å². The number of nitrogens with one attached hydrogen (secondary N) is 1. The normalized spacial score (nSPS) is 18.5. The Hall–Kier alpha value is -2.63. The average molecular weight is 1210 g/mol. The van der Waals surface area contributed by atoms with E-state index in [9.17, 15) is 30.3 Å². The lowest BCUT2D eigenvalue weighted by Gasteiger charge is -2.40. The van der Waals surface area contributed by atoms with Gasteiger partial charge in [0.25, 0.3) is 0 Å². The lowest BCUT2D eigenvalue weighted by atomic mass is 9.99. The van der Waals surface area contributed by atoms with Gasteiger partial charge in [0.1, 0.15) is 24.4 Å². The van der Waals surface area contributed by atoms with Gasteiger partial charge in [-0.3, -0.25) is 4.79 Å². The summed E-state index contributed by atoms with van der Waals surface area (Å²) < 4.78 is 11.3. The molecule has 1 aliphatic heterocycles. The summed E-state index contributed by atoms with van der Waals surface area (Å²) in [5, 5.41) is 54.7. The Labute approximate surface area is 531 Å². The smallest absolute Gasteiger partial charge is 0.220 e. The minimum atomic E-state index is -1.58. The second-order valence-corrected chi connectivity index (χ2v) is 25.3. The number of unbranched alkanes of at least 4 members (excludes halogenated alkanes) is 42. The fraction of sp³-hybridized carbons (Fsp3) is 0.805. The van der Waals surface area contributed by atoms with E-state index >= 15 is 0 Å². The van der Waals surface area contributed by atoms with Gasteiger partial charge in [-0.2, -0.15) is 0 Å². The van der Waals surface area contributed by atoms with Crippen LogP contribution in [0.25, 0.3) is 0 Å². The van der Waals surface area contributed by atoms with Crippen LogP contribution in [0, 0.1) is 0 Å². The Kier molecular flexibility index (Phi) is 61.8. The van der Waals surface area contributed by atoms with Gasteiger partial charge >= 0.3 is 0 Å². The zero-order valence-electron chi connectivity index (χ0n) is 56.1. The molecule has 0 aromatic heterocycles. The van der Waals surface area contributed by atoms with Crippen LogP contribution in [0.2, 0.25) is 0 Å². The van der Waals surface area contributed by atoms with Gasteiger partial charge in [-0.1, -0.05) is 336 Å². The Morgan fingerprint density at radius 3 is 1.12 bits per heavy atom. The van der Waals surface area contributed by atoms with Gasteiger partial charge in [0.05, 0.1) is 25.4 Å². The highest BCUT2D eigenvalue weighted by atomic mass is 16.7. The van der Waals surface area contributed by atoms with Crippen LogP contribution in [0.4, 0.5) is 0 Å². The van der Waals surface area contributed by atoms with Crippen LogP contribution in [0.1, 0.15) is 341 Å². The number of carbonyl (C=O) groups is 1. The number of allylic oxidation sites excluding steroid dienone is 13. The molecule has 6 N–H and O–H groups in total. The third-order valence-corrected chi connectivity index (χ3v) is 17.2. The summed E-state index contributed by atoms with van der Waals surface area (Å²) in [6.45, 7) is 3.68. The van der Waals surface area contributed by atoms with Crippen molar-refractivity contribution in [1.29, 1.82) is 0 Å². The first kappa shape index (κ1) is 81.4. The van der Waals surface area contributed by atoms with Crippen molar-refractivity contribution in [3.05, 3.63) is 85.1 Å². The Bertz CT molecular complexity index is 1640. The van der Waals surface area contributed by atoms with E-state index in [2.05, 4.69) is 92.1 Å². The van der Waals surface area contributed by atoms with Crippen molar-refractivity contribution in [3.63, 3.8) is 0 Å². The minimum absolute atomic E-state index is 0.186. The molecular formula is C77H139NO8. The molecule has 0 spiro atoms. The van der Waals surface area contributed by atoms with E-state index in [1.54, 1.807) is 6.08 Å². The Balaban J connectivity index is 2.09. The summed E-state index contributed by atoms with van der Waals surface area (Å²) in [5.41, 5.74) is 0. The zero-order valence-corrected chi connectivity index (χ0v) is 56.1. The second-order valence-electron chi connectivity index (χ2n) is 25.3. The molecule has 500 valence electrons. The maximum absolute atomic E-state index is 13.1. The van der Waals surface area contributed by atoms with Crippen molar-refractivity contribution < 1.29 is 39.8 Å². The minimum Gasteiger partial charge on any atom is -0.394 e. The molecule has 1 aliphatic rings. The molecule has 7 atom stereocenters. The first-order chi connectivity index (χ1) is 42.3. The molecule has 0 aromatic carbocycles. The predicted octanol–water partition coefficient (Wildman–Crippen LogP) is 20.5. The lowest BCUT2D eigenvalue weighted by molar-refractivity contribution is -0.302. The van der Waals surface area contributed by atoms with E-state index in [1.165, 1.54) is 250 Å². The van der Waals surface area contributed by atoms with Crippen LogP contribution in [0.5, 0.6) is 0 Å². The van der Waals surface area contributed by atoms with E-state index in [1.807, 2.05) is 6.08 Å². The molecule has 9 nitrogen and oxygen atoms in total. The molecule has 0 radical (unpaired) electrons. The van der Waals surface area contributed by atoms with Crippen LogP contribution in [0.3, 0.4) is 0 Å². The number of amides is 1. The van der Waals surface area contributed by atoms with Crippen molar-refractivity contribution in [2.75, 3.05) is 13.2 Å². The average Bonchev–Trinajstić information content (AvgIpc) is 3.55. The van der Waals surface area contributed by atoms with Crippen LogP contribution in [-0.2, 0) is 14.3 Å². The predicted molar refractivity (Wildman–Crippen MR) is 368 cm³/mol. The molecule has 0 saturated carbocycles. The van der Waals surface area contributed by atoms with Crippen molar-refractivity contribution in [3.8, 4) is 0 Å². The maximum Gasteiger partial charge on any atom is 0.220 e. The number of aliphatic hydroxyl groups is 5. The highest BCUT2D eigenvalue weighted by molar-refractivity contribution is 5.76. The molecule has 86 heavy (non-hydrogen) atoms. The fourth-order valence-electron chi connectivity index (χ4n) is 11.5. The van der Waals surface area contributed by atoms with Gasteiger partial charge in [0.2, 0.25) is 5.91 Å². The molecule has 7 unspecified atom stereocenters. The summed E-state index contributed by atoms with van der Waals surface area (Å²) in [6.07, 6.45) is 87.1. The molecule has 1 saturated heterocycles. The van der Waals surface area contributed by atoms with Crippen molar-refractivity contribution in [2.24, 2.45) is 0 Å². The summed E-state index contributed by atoms with van der Waals surface area (Å²) >= 11 is 0. The van der Waals surface area contributed by atoms with E-state index in [4.69, 9.17) is 9.47 Å². The van der Waals surface area contributed by atoms with Crippen LogP contribution in [-0.4, -0.2) is 87.5 Å². The molecule has 1 amide bonds. The number of rotatable bonds is 64. The van der Waals surface area contributed by atoms with Gasteiger partial charge in [0, 0.05) is 6.42 Å². The summed E-state index contributed by atoms with van der Waals surface area (Å²) in [4.78, 5) is 13.1. The molecule has 0 bridgehead atoms. The van der Waals surface area contributed by atoms with E-state index in [0.29, 0.717) is 6.42 Å².